The fourth-order valence-corrected chi connectivity index (χ4v) is 5.98. The molecule has 3 fully saturated rings. The van der Waals surface area contributed by atoms with Crippen LogP contribution in [0.15, 0.2) is 48.5 Å². The zero-order valence-electron chi connectivity index (χ0n) is 18.9. The van der Waals surface area contributed by atoms with Crippen LogP contribution in [-0.2, 0) is 14.3 Å². The fraction of sp³-hybridized carbons (Fsp3) is 0.444. The van der Waals surface area contributed by atoms with E-state index in [0.717, 1.165) is 24.0 Å². The summed E-state index contributed by atoms with van der Waals surface area (Å²) in [6.45, 7) is 1.14. The number of hydrogen-bond acceptors (Lipinski definition) is 4. The number of aliphatic carboxylic acids is 1. The number of rotatable bonds is 7. The number of carboxylic acid groups (broad SMARTS) is 1. The van der Waals surface area contributed by atoms with E-state index < -0.39 is 18.1 Å². The number of amides is 2. The lowest BCUT2D eigenvalue weighted by atomic mass is 9.98. The molecule has 6 rings (SSSR count). The van der Waals surface area contributed by atoms with Crippen molar-refractivity contribution in [3.63, 3.8) is 0 Å². The van der Waals surface area contributed by atoms with Gasteiger partial charge in [-0.15, -0.1) is 0 Å². The third-order valence-electron chi connectivity index (χ3n) is 7.99. The Kier molecular flexibility index (Phi) is 5.08. The molecule has 2 aromatic carbocycles. The van der Waals surface area contributed by atoms with Crippen LogP contribution < -0.4 is 5.32 Å². The summed E-state index contributed by atoms with van der Waals surface area (Å²) in [6.07, 6.45) is 2.18. The Morgan fingerprint density at radius 2 is 1.56 bits per heavy atom. The number of likely N-dealkylation sites (tertiary alicyclic amines) is 1. The van der Waals surface area contributed by atoms with E-state index in [1.54, 1.807) is 4.90 Å². The van der Waals surface area contributed by atoms with Gasteiger partial charge in [0.25, 0.3) is 0 Å². The molecule has 1 aliphatic heterocycles. The van der Waals surface area contributed by atoms with E-state index in [9.17, 15) is 19.5 Å². The minimum Gasteiger partial charge on any atom is -0.481 e. The second-order valence-corrected chi connectivity index (χ2v) is 10.1. The van der Waals surface area contributed by atoms with Crippen LogP contribution in [0, 0.1) is 23.7 Å². The van der Waals surface area contributed by atoms with E-state index in [0.29, 0.717) is 25.4 Å². The number of fused-ring (bicyclic) bond motifs is 4. The Morgan fingerprint density at radius 3 is 2.12 bits per heavy atom. The van der Waals surface area contributed by atoms with E-state index in [2.05, 4.69) is 29.6 Å². The second-order valence-electron chi connectivity index (χ2n) is 10.1. The number of piperidine rings is 1. The molecule has 2 aromatic rings. The van der Waals surface area contributed by atoms with Crippen molar-refractivity contribution in [3.05, 3.63) is 59.7 Å². The zero-order valence-corrected chi connectivity index (χ0v) is 18.9. The molecule has 2 amide bonds. The Hall–Kier alpha value is -3.35. The number of nitrogens with one attached hydrogen (secondary N) is 1. The SMILES string of the molecule is O=C(NC(CC1CC1)C(=O)N1CC2C(C1)C2C(=O)O)OCC1c2ccccc2-c2ccccc21. The lowest BCUT2D eigenvalue weighted by molar-refractivity contribution is -0.141. The normalized spacial score (nSPS) is 25.2. The van der Waals surface area contributed by atoms with Gasteiger partial charge in [0.15, 0.2) is 0 Å². The molecule has 176 valence electrons. The summed E-state index contributed by atoms with van der Waals surface area (Å²) >= 11 is 0. The first-order valence-corrected chi connectivity index (χ1v) is 12.1. The smallest absolute Gasteiger partial charge is 0.407 e. The van der Waals surface area contributed by atoms with Crippen LogP contribution in [0.2, 0.25) is 0 Å². The van der Waals surface area contributed by atoms with Crippen LogP contribution >= 0.6 is 0 Å². The largest absolute Gasteiger partial charge is 0.481 e. The Morgan fingerprint density at radius 1 is 0.971 bits per heavy atom. The van der Waals surface area contributed by atoms with Crippen LogP contribution in [0.1, 0.15) is 36.3 Å². The molecule has 2 N–H and O–H groups in total. The topological polar surface area (TPSA) is 95.9 Å². The van der Waals surface area contributed by atoms with Crippen molar-refractivity contribution in [2.75, 3.05) is 19.7 Å². The number of hydrogen-bond donors (Lipinski definition) is 2. The van der Waals surface area contributed by atoms with Gasteiger partial charge in [0.2, 0.25) is 5.91 Å². The molecule has 0 bridgehead atoms. The molecule has 1 heterocycles. The maximum absolute atomic E-state index is 13.2. The molecule has 0 radical (unpaired) electrons. The Bertz CT molecular complexity index is 1100. The molecule has 0 spiro atoms. The van der Waals surface area contributed by atoms with Crippen LogP contribution in [0.3, 0.4) is 0 Å². The highest BCUT2D eigenvalue weighted by Crippen LogP contribution is 2.52. The molecular weight excluding hydrogens is 432 g/mol. The highest BCUT2D eigenvalue weighted by atomic mass is 16.5. The lowest BCUT2D eigenvalue weighted by Crippen LogP contribution is -2.49. The predicted octanol–water partition coefficient (Wildman–Crippen LogP) is 3.48. The molecule has 3 unspecified atom stereocenters. The van der Waals surface area contributed by atoms with Gasteiger partial charge in [0.05, 0.1) is 5.92 Å². The predicted molar refractivity (Wildman–Crippen MR) is 124 cm³/mol. The summed E-state index contributed by atoms with van der Waals surface area (Å²) in [5.74, 6) is -0.678. The molecule has 3 atom stereocenters. The molecule has 3 aliphatic carbocycles. The minimum atomic E-state index is -0.770. The van der Waals surface area contributed by atoms with Gasteiger partial charge in [-0.3, -0.25) is 9.59 Å². The molecule has 1 saturated heterocycles. The summed E-state index contributed by atoms with van der Waals surface area (Å²) < 4.78 is 5.66. The summed E-state index contributed by atoms with van der Waals surface area (Å²) in [6, 6.07) is 15.7. The highest BCUT2D eigenvalue weighted by molar-refractivity contribution is 5.87. The molecule has 4 aliphatic rings. The van der Waals surface area contributed by atoms with Gasteiger partial charge in [0, 0.05) is 19.0 Å². The molecule has 34 heavy (non-hydrogen) atoms. The van der Waals surface area contributed by atoms with Crippen LogP contribution in [0.5, 0.6) is 0 Å². The van der Waals surface area contributed by atoms with Gasteiger partial charge in [-0.25, -0.2) is 4.79 Å². The molecule has 7 heteroatoms. The summed E-state index contributed by atoms with van der Waals surface area (Å²) in [5, 5.41) is 12.1. The van der Waals surface area contributed by atoms with Crippen LogP contribution in [0.4, 0.5) is 4.79 Å². The summed E-state index contributed by atoms with van der Waals surface area (Å²) in [5.41, 5.74) is 4.63. The van der Waals surface area contributed by atoms with E-state index in [1.165, 1.54) is 11.1 Å². The number of carboxylic acids is 1. The van der Waals surface area contributed by atoms with Crippen molar-refractivity contribution < 1.29 is 24.2 Å². The summed E-state index contributed by atoms with van der Waals surface area (Å²) in [4.78, 5) is 38.9. The van der Waals surface area contributed by atoms with Gasteiger partial charge in [0.1, 0.15) is 12.6 Å². The average molecular weight is 461 g/mol. The van der Waals surface area contributed by atoms with Gasteiger partial charge in [-0.2, -0.15) is 0 Å². The van der Waals surface area contributed by atoms with E-state index >= 15 is 0 Å². The zero-order chi connectivity index (χ0) is 23.4. The Labute approximate surface area is 198 Å². The van der Waals surface area contributed by atoms with Crippen LogP contribution in [0.25, 0.3) is 11.1 Å². The highest BCUT2D eigenvalue weighted by Gasteiger charge is 2.61. The van der Waals surface area contributed by atoms with Crippen LogP contribution in [-0.4, -0.2) is 53.7 Å². The molecule has 0 aromatic heterocycles. The monoisotopic (exact) mass is 460 g/mol. The van der Waals surface area contributed by atoms with Gasteiger partial charge in [-0.1, -0.05) is 61.4 Å². The van der Waals surface area contributed by atoms with E-state index in [-0.39, 0.29) is 36.2 Å². The van der Waals surface area contributed by atoms with Gasteiger partial charge >= 0.3 is 12.1 Å². The molecule has 2 saturated carbocycles. The fourth-order valence-electron chi connectivity index (χ4n) is 5.98. The lowest BCUT2D eigenvalue weighted by Gasteiger charge is -2.26. The van der Waals surface area contributed by atoms with Crippen molar-refractivity contribution in [3.8, 4) is 11.1 Å². The maximum Gasteiger partial charge on any atom is 0.407 e. The second kappa shape index (κ2) is 8.15. The van der Waals surface area contributed by atoms with Gasteiger partial charge < -0.3 is 20.1 Å². The van der Waals surface area contributed by atoms with Crippen molar-refractivity contribution in [2.24, 2.45) is 23.7 Å². The number of alkyl carbamates (subject to hydrolysis) is 1. The number of ether oxygens (including phenoxy) is 1. The van der Waals surface area contributed by atoms with E-state index in [4.69, 9.17) is 4.74 Å². The number of carbonyl (C=O) groups excluding carboxylic acids is 2. The van der Waals surface area contributed by atoms with Crippen molar-refractivity contribution in [1.29, 1.82) is 0 Å². The quantitative estimate of drug-likeness (QED) is 0.660. The van der Waals surface area contributed by atoms with Gasteiger partial charge in [-0.05, 0) is 46.4 Å². The standard InChI is InChI=1S/C27H28N2O5/c30-25(29-12-20-21(13-29)24(20)26(31)32)23(11-15-9-10-15)28-27(33)34-14-22-18-7-3-1-5-16(18)17-6-2-4-8-19(17)22/h1-8,15,20-24H,9-14H2,(H,28,33)(H,31,32). The van der Waals surface area contributed by atoms with Crippen molar-refractivity contribution >= 4 is 18.0 Å². The summed E-state index contributed by atoms with van der Waals surface area (Å²) in [7, 11) is 0. The third-order valence-corrected chi connectivity index (χ3v) is 7.99. The number of carbonyl (C=O) groups is 3. The first-order chi connectivity index (χ1) is 16.5. The van der Waals surface area contributed by atoms with Crippen molar-refractivity contribution in [1.82, 2.24) is 10.2 Å². The Balaban J connectivity index is 1.10. The first-order valence-electron chi connectivity index (χ1n) is 12.1. The molecular formula is C27H28N2O5. The maximum atomic E-state index is 13.2. The minimum absolute atomic E-state index is 0.0330. The third kappa shape index (κ3) is 3.73. The van der Waals surface area contributed by atoms with Crippen molar-refractivity contribution in [2.45, 2.75) is 31.2 Å². The first kappa shape index (κ1) is 21.2. The molecule has 7 nitrogen and oxygen atoms in total. The number of benzene rings is 2. The average Bonchev–Trinajstić information content (AvgIpc) is 3.72. The van der Waals surface area contributed by atoms with E-state index in [1.807, 2.05) is 24.3 Å². The number of nitrogens with zero attached hydrogens (tertiary/aromatic N) is 1.